The second kappa shape index (κ2) is 14.8. The standard InChI is InChI=1S/C44H32N2O6/c47-45(48)38-17-23-41(24-18-38)51-40-21-15-35(16-22-40)34-11-13-37(14-12-34)43(31-32-7-3-1-4-8-32)44(52-42-25-19-39(20-26-42)46(49)50)29-27-36(28-30-44)33-9-5-2-6-10-33/h1-29,31H,30H2. The van der Waals surface area contributed by atoms with Gasteiger partial charge < -0.3 is 9.47 Å². The van der Waals surface area contributed by atoms with Crippen molar-refractivity contribution in [2.24, 2.45) is 0 Å². The van der Waals surface area contributed by atoms with Crippen molar-refractivity contribution in [2.75, 3.05) is 0 Å². The van der Waals surface area contributed by atoms with E-state index in [4.69, 9.17) is 9.47 Å². The monoisotopic (exact) mass is 684 g/mol. The molecule has 0 spiro atoms. The molecule has 1 unspecified atom stereocenters. The molecule has 0 bridgehead atoms. The van der Waals surface area contributed by atoms with Crippen molar-refractivity contribution in [2.45, 2.75) is 12.0 Å². The Kier molecular flexibility index (Phi) is 9.53. The van der Waals surface area contributed by atoms with Gasteiger partial charge in [-0.15, -0.1) is 0 Å². The van der Waals surface area contributed by atoms with Crippen molar-refractivity contribution in [1.82, 2.24) is 0 Å². The smallest absolute Gasteiger partial charge is 0.269 e. The Hall–Kier alpha value is -7.06. The van der Waals surface area contributed by atoms with E-state index in [1.807, 2.05) is 72.8 Å². The first-order valence-corrected chi connectivity index (χ1v) is 16.6. The number of allylic oxidation sites excluding steroid dienone is 2. The van der Waals surface area contributed by atoms with E-state index >= 15 is 0 Å². The van der Waals surface area contributed by atoms with E-state index in [1.54, 1.807) is 24.3 Å². The van der Waals surface area contributed by atoms with Crippen molar-refractivity contribution in [1.29, 1.82) is 0 Å². The van der Waals surface area contributed by atoms with Gasteiger partial charge >= 0.3 is 0 Å². The number of nitrogens with zero attached hydrogens (tertiary/aromatic N) is 2. The fourth-order valence-electron chi connectivity index (χ4n) is 6.14. The molecule has 0 fully saturated rings. The summed E-state index contributed by atoms with van der Waals surface area (Å²) in [5.74, 6) is 1.63. The number of ether oxygens (including phenoxy) is 2. The molecule has 1 aliphatic rings. The molecule has 7 rings (SSSR count). The van der Waals surface area contributed by atoms with E-state index in [9.17, 15) is 20.2 Å². The molecule has 8 heteroatoms. The Bertz CT molecular complexity index is 2280. The van der Waals surface area contributed by atoms with E-state index in [0.717, 1.165) is 39.0 Å². The van der Waals surface area contributed by atoms with Gasteiger partial charge in [-0.25, -0.2) is 0 Å². The second-order valence-electron chi connectivity index (χ2n) is 12.2. The summed E-state index contributed by atoms with van der Waals surface area (Å²) >= 11 is 0. The minimum atomic E-state index is -0.942. The molecule has 52 heavy (non-hydrogen) atoms. The van der Waals surface area contributed by atoms with Crippen LogP contribution in [0.5, 0.6) is 17.2 Å². The van der Waals surface area contributed by atoms with Crippen LogP contribution in [0.1, 0.15) is 23.1 Å². The van der Waals surface area contributed by atoms with Gasteiger partial charge in [0, 0.05) is 36.3 Å². The number of non-ortho nitro benzene ring substituents is 2. The van der Waals surface area contributed by atoms with Crippen molar-refractivity contribution in [3.05, 3.63) is 213 Å². The highest BCUT2D eigenvalue weighted by atomic mass is 16.6. The SMILES string of the molecule is O=[N+]([O-])c1ccc(Oc2ccc(-c3ccc(C(=Cc4ccccc4)C4(Oc5ccc([N+](=O)[O-])cc5)C=CC(c5ccccc5)=CC4)cc3)cc2)cc1. The molecule has 0 saturated heterocycles. The zero-order chi connectivity index (χ0) is 35.9. The highest BCUT2D eigenvalue weighted by Crippen LogP contribution is 2.42. The molecular formula is C44H32N2O6. The van der Waals surface area contributed by atoms with Crippen molar-refractivity contribution >= 4 is 28.6 Å². The molecule has 0 aromatic heterocycles. The molecule has 1 atom stereocenters. The van der Waals surface area contributed by atoms with Gasteiger partial charge in [-0.1, -0.05) is 109 Å². The Morgan fingerprint density at radius 3 is 1.60 bits per heavy atom. The lowest BCUT2D eigenvalue weighted by molar-refractivity contribution is -0.385. The fourth-order valence-corrected chi connectivity index (χ4v) is 6.14. The average Bonchev–Trinajstić information content (AvgIpc) is 3.19. The second-order valence-corrected chi connectivity index (χ2v) is 12.2. The quantitative estimate of drug-likeness (QED) is 0.0764. The van der Waals surface area contributed by atoms with Gasteiger partial charge in [-0.2, -0.15) is 0 Å². The third kappa shape index (κ3) is 7.56. The van der Waals surface area contributed by atoms with Crippen LogP contribution in [0.3, 0.4) is 0 Å². The Morgan fingerprint density at radius 1 is 0.577 bits per heavy atom. The molecule has 8 nitrogen and oxygen atoms in total. The van der Waals surface area contributed by atoms with E-state index in [-0.39, 0.29) is 11.4 Å². The maximum Gasteiger partial charge on any atom is 0.269 e. The molecular weight excluding hydrogens is 652 g/mol. The van der Waals surface area contributed by atoms with Crippen LogP contribution >= 0.6 is 0 Å². The van der Waals surface area contributed by atoms with Crippen LogP contribution in [-0.2, 0) is 0 Å². The highest BCUT2D eigenvalue weighted by molar-refractivity contribution is 5.90. The van der Waals surface area contributed by atoms with Crippen LogP contribution in [-0.4, -0.2) is 15.4 Å². The first-order valence-electron chi connectivity index (χ1n) is 16.6. The molecule has 1 aliphatic carbocycles. The number of hydrogen-bond donors (Lipinski definition) is 0. The predicted molar refractivity (Wildman–Crippen MR) is 204 cm³/mol. The van der Waals surface area contributed by atoms with Crippen LogP contribution < -0.4 is 9.47 Å². The van der Waals surface area contributed by atoms with Gasteiger partial charge in [0.05, 0.1) is 9.85 Å². The topological polar surface area (TPSA) is 105 Å². The Labute approximate surface area is 300 Å². The normalized spacial score (nSPS) is 15.4. The lowest BCUT2D eigenvalue weighted by atomic mass is 9.79. The maximum absolute atomic E-state index is 11.4. The minimum Gasteiger partial charge on any atom is -0.478 e. The molecule has 0 N–H and O–H groups in total. The van der Waals surface area contributed by atoms with Gasteiger partial charge in [0.2, 0.25) is 0 Å². The summed E-state index contributed by atoms with van der Waals surface area (Å²) in [4.78, 5) is 21.5. The first-order chi connectivity index (χ1) is 25.3. The largest absolute Gasteiger partial charge is 0.478 e. The van der Waals surface area contributed by atoms with Crippen LogP contribution in [0.15, 0.2) is 176 Å². The average molecular weight is 685 g/mol. The van der Waals surface area contributed by atoms with Gasteiger partial charge in [0.15, 0.2) is 5.60 Å². The molecule has 254 valence electrons. The molecule has 6 aromatic carbocycles. The summed E-state index contributed by atoms with van der Waals surface area (Å²) in [7, 11) is 0. The summed E-state index contributed by atoms with van der Waals surface area (Å²) in [6, 6.07) is 48.4. The van der Waals surface area contributed by atoms with Gasteiger partial charge in [0.1, 0.15) is 17.2 Å². The van der Waals surface area contributed by atoms with Crippen LogP contribution in [0, 0.1) is 20.2 Å². The molecule has 0 heterocycles. The molecule has 6 aromatic rings. The third-order valence-electron chi connectivity index (χ3n) is 8.85. The lowest BCUT2D eigenvalue weighted by Gasteiger charge is -2.36. The van der Waals surface area contributed by atoms with Gasteiger partial charge in [-0.05, 0) is 81.9 Å². The zero-order valence-electron chi connectivity index (χ0n) is 27.9. The summed E-state index contributed by atoms with van der Waals surface area (Å²) < 4.78 is 12.8. The van der Waals surface area contributed by atoms with Crippen LogP contribution in [0.2, 0.25) is 0 Å². The number of nitro groups is 2. The summed E-state index contributed by atoms with van der Waals surface area (Å²) in [6.45, 7) is 0. The fraction of sp³-hybridized carbons (Fsp3) is 0.0455. The van der Waals surface area contributed by atoms with E-state index < -0.39 is 15.4 Å². The molecule has 0 aliphatic heterocycles. The molecule has 0 saturated carbocycles. The number of hydrogen-bond acceptors (Lipinski definition) is 6. The number of benzene rings is 6. The predicted octanol–water partition coefficient (Wildman–Crippen LogP) is 11.4. The summed E-state index contributed by atoms with van der Waals surface area (Å²) in [6.07, 6.45) is 8.99. The van der Waals surface area contributed by atoms with E-state index in [1.165, 1.54) is 24.3 Å². The lowest BCUT2D eigenvalue weighted by Crippen LogP contribution is -2.36. The Balaban J connectivity index is 1.22. The summed E-state index contributed by atoms with van der Waals surface area (Å²) in [5, 5.41) is 22.4. The van der Waals surface area contributed by atoms with Crippen LogP contribution in [0.4, 0.5) is 11.4 Å². The number of nitro benzene ring substituents is 2. The minimum absolute atomic E-state index is 0.00431. The van der Waals surface area contributed by atoms with E-state index in [2.05, 4.69) is 60.7 Å². The van der Waals surface area contributed by atoms with Crippen molar-refractivity contribution in [3.8, 4) is 28.4 Å². The third-order valence-corrected chi connectivity index (χ3v) is 8.85. The highest BCUT2D eigenvalue weighted by Gasteiger charge is 2.36. The number of rotatable bonds is 11. The maximum atomic E-state index is 11.4. The van der Waals surface area contributed by atoms with Crippen molar-refractivity contribution in [3.63, 3.8) is 0 Å². The zero-order valence-corrected chi connectivity index (χ0v) is 27.9. The van der Waals surface area contributed by atoms with E-state index in [0.29, 0.717) is 23.7 Å². The Morgan fingerprint density at radius 2 is 1.08 bits per heavy atom. The molecule has 0 radical (unpaired) electrons. The molecule has 0 amide bonds. The van der Waals surface area contributed by atoms with Crippen molar-refractivity contribution < 1.29 is 19.3 Å². The van der Waals surface area contributed by atoms with Crippen LogP contribution in [0.25, 0.3) is 28.3 Å². The first kappa shape index (κ1) is 33.4. The van der Waals surface area contributed by atoms with Gasteiger partial charge in [-0.3, -0.25) is 20.2 Å². The van der Waals surface area contributed by atoms with Gasteiger partial charge in [0.25, 0.3) is 11.4 Å². The summed E-state index contributed by atoms with van der Waals surface area (Å²) in [5.41, 5.74) is 6.11.